The third-order valence-electron chi connectivity index (χ3n) is 2.20. The fourth-order valence-electron chi connectivity index (χ4n) is 1.34. The Bertz CT molecular complexity index is 467. The molecule has 0 unspecified atom stereocenters. The highest BCUT2D eigenvalue weighted by Gasteiger charge is 2.03. The van der Waals surface area contributed by atoms with Crippen LogP contribution in [-0.2, 0) is 6.42 Å². The molecule has 0 amide bonds. The lowest BCUT2D eigenvalue weighted by Gasteiger charge is -2.07. The molecule has 0 saturated heterocycles. The van der Waals surface area contributed by atoms with Crippen LogP contribution in [0.5, 0.6) is 0 Å². The van der Waals surface area contributed by atoms with E-state index in [2.05, 4.69) is 30.7 Å². The lowest BCUT2D eigenvalue weighted by Crippen LogP contribution is -2.08. The van der Waals surface area contributed by atoms with Crippen LogP contribution in [0.15, 0.2) is 22.1 Å². The van der Waals surface area contributed by atoms with Gasteiger partial charge in [0.25, 0.3) is 0 Å². The number of hydrogen-bond donors (Lipinski definition) is 2. The van der Waals surface area contributed by atoms with Gasteiger partial charge in [-0.05, 0) is 6.26 Å². The molecule has 2 rings (SSSR count). The summed E-state index contributed by atoms with van der Waals surface area (Å²) >= 11 is 1.50. The average Bonchev–Trinajstić information content (AvgIpc) is 2.91. The zero-order valence-electron chi connectivity index (χ0n) is 10.2. The standard InChI is InChI=1S/C10H14N6OS/c1-11-7-5-8(16-10(15-7)18-2)12-4-3-9-13-6-14-17-9/h5-6H,3-4H2,1-2H3,(H2,11,12,15,16). The molecule has 0 atom stereocenters. The quantitative estimate of drug-likeness (QED) is 0.597. The van der Waals surface area contributed by atoms with E-state index in [0.29, 0.717) is 18.9 Å². The Morgan fingerprint density at radius 3 is 2.83 bits per heavy atom. The molecule has 0 fully saturated rings. The highest BCUT2D eigenvalue weighted by molar-refractivity contribution is 7.98. The summed E-state index contributed by atoms with van der Waals surface area (Å²) in [5.74, 6) is 2.17. The van der Waals surface area contributed by atoms with Crippen molar-refractivity contribution in [1.29, 1.82) is 0 Å². The fourth-order valence-corrected chi connectivity index (χ4v) is 1.72. The Kier molecular flexibility index (Phi) is 4.35. The summed E-state index contributed by atoms with van der Waals surface area (Å²) in [6.45, 7) is 0.677. The molecule has 0 aliphatic heterocycles. The van der Waals surface area contributed by atoms with E-state index >= 15 is 0 Å². The number of hydrogen-bond acceptors (Lipinski definition) is 8. The number of thioether (sulfide) groups is 1. The summed E-state index contributed by atoms with van der Waals surface area (Å²) < 4.78 is 4.91. The topological polar surface area (TPSA) is 88.8 Å². The van der Waals surface area contributed by atoms with Gasteiger partial charge >= 0.3 is 0 Å². The van der Waals surface area contributed by atoms with Crippen molar-refractivity contribution in [2.75, 3.05) is 30.5 Å². The van der Waals surface area contributed by atoms with Crippen molar-refractivity contribution < 1.29 is 4.52 Å². The summed E-state index contributed by atoms with van der Waals surface area (Å²) in [7, 11) is 1.83. The van der Waals surface area contributed by atoms with Gasteiger partial charge in [-0.3, -0.25) is 0 Å². The molecule has 0 aliphatic rings. The predicted octanol–water partition coefficient (Wildman–Crippen LogP) is 1.28. The zero-order chi connectivity index (χ0) is 12.8. The van der Waals surface area contributed by atoms with E-state index < -0.39 is 0 Å². The van der Waals surface area contributed by atoms with Crippen LogP contribution in [0.1, 0.15) is 5.89 Å². The van der Waals surface area contributed by atoms with Crippen LogP contribution in [0, 0.1) is 0 Å². The molecule has 2 aromatic heterocycles. The molecule has 0 aromatic carbocycles. The molecule has 8 heteroatoms. The van der Waals surface area contributed by atoms with E-state index in [-0.39, 0.29) is 0 Å². The molecule has 0 radical (unpaired) electrons. The largest absolute Gasteiger partial charge is 0.373 e. The van der Waals surface area contributed by atoms with Gasteiger partial charge in [0.1, 0.15) is 11.6 Å². The van der Waals surface area contributed by atoms with Crippen molar-refractivity contribution in [1.82, 2.24) is 20.1 Å². The van der Waals surface area contributed by atoms with Gasteiger partial charge in [-0.1, -0.05) is 16.9 Å². The van der Waals surface area contributed by atoms with E-state index in [4.69, 9.17) is 4.52 Å². The maximum Gasteiger partial charge on any atom is 0.228 e. The first kappa shape index (κ1) is 12.6. The highest BCUT2D eigenvalue weighted by atomic mass is 32.2. The van der Waals surface area contributed by atoms with E-state index in [1.165, 1.54) is 18.1 Å². The molecule has 0 bridgehead atoms. The summed E-state index contributed by atoms with van der Waals surface area (Å²) in [6, 6.07) is 1.85. The fraction of sp³-hybridized carbons (Fsp3) is 0.400. The predicted molar refractivity (Wildman–Crippen MR) is 69.9 cm³/mol. The number of nitrogens with zero attached hydrogens (tertiary/aromatic N) is 4. The number of nitrogens with one attached hydrogen (secondary N) is 2. The van der Waals surface area contributed by atoms with Gasteiger partial charge in [-0.2, -0.15) is 4.98 Å². The minimum absolute atomic E-state index is 0.607. The summed E-state index contributed by atoms with van der Waals surface area (Å²) in [5, 5.41) is 10.5. The smallest absolute Gasteiger partial charge is 0.228 e. The van der Waals surface area contributed by atoms with Crippen molar-refractivity contribution >= 4 is 23.4 Å². The normalized spacial score (nSPS) is 10.3. The van der Waals surface area contributed by atoms with Crippen LogP contribution < -0.4 is 10.6 Å². The van der Waals surface area contributed by atoms with Gasteiger partial charge in [0, 0.05) is 26.1 Å². The van der Waals surface area contributed by atoms with Crippen LogP contribution in [0.25, 0.3) is 0 Å². The number of rotatable bonds is 6. The molecule has 0 saturated carbocycles. The third-order valence-corrected chi connectivity index (χ3v) is 2.74. The Balaban J connectivity index is 1.95. The Morgan fingerprint density at radius 1 is 1.33 bits per heavy atom. The SMILES string of the molecule is CNc1cc(NCCc2ncno2)nc(SC)n1. The number of anilines is 2. The first-order valence-corrected chi connectivity index (χ1v) is 6.64. The minimum Gasteiger partial charge on any atom is -0.373 e. The van der Waals surface area contributed by atoms with Gasteiger partial charge in [0.05, 0.1) is 0 Å². The summed E-state index contributed by atoms with van der Waals surface area (Å²) in [4.78, 5) is 12.6. The Morgan fingerprint density at radius 2 is 2.17 bits per heavy atom. The number of aromatic nitrogens is 4. The lowest BCUT2D eigenvalue weighted by atomic mass is 10.4. The summed E-state index contributed by atoms with van der Waals surface area (Å²) in [5.41, 5.74) is 0. The van der Waals surface area contributed by atoms with Crippen molar-refractivity contribution in [2.24, 2.45) is 0 Å². The third kappa shape index (κ3) is 3.33. The van der Waals surface area contributed by atoms with Crippen LogP contribution >= 0.6 is 11.8 Å². The second-order valence-electron chi connectivity index (χ2n) is 3.39. The van der Waals surface area contributed by atoms with Gasteiger partial charge in [0.2, 0.25) is 5.89 Å². The zero-order valence-corrected chi connectivity index (χ0v) is 11.0. The molecule has 96 valence electrons. The first-order valence-electron chi connectivity index (χ1n) is 5.42. The average molecular weight is 266 g/mol. The van der Waals surface area contributed by atoms with E-state index in [1.807, 2.05) is 19.4 Å². The highest BCUT2D eigenvalue weighted by Crippen LogP contribution is 2.16. The van der Waals surface area contributed by atoms with Crippen LogP contribution in [-0.4, -0.2) is 40.0 Å². The van der Waals surface area contributed by atoms with Crippen molar-refractivity contribution in [3.05, 3.63) is 18.3 Å². The Labute approximate surface area is 109 Å². The molecule has 2 aromatic rings. The minimum atomic E-state index is 0.607. The second-order valence-corrected chi connectivity index (χ2v) is 4.16. The van der Waals surface area contributed by atoms with Crippen molar-refractivity contribution in [3.63, 3.8) is 0 Å². The maximum atomic E-state index is 4.91. The molecular formula is C10H14N6OS. The Hall–Kier alpha value is -1.83. The van der Waals surface area contributed by atoms with Gasteiger partial charge in [-0.25, -0.2) is 9.97 Å². The van der Waals surface area contributed by atoms with Crippen LogP contribution in [0.3, 0.4) is 0 Å². The van der Waals surface area contributed by atoms with Crippen LogP contribution in [0.2, 0.25) is 0 Å². The van der Waals surface area contributed by atoms with Gasteiger partial charge < -0.3 is 15.2 Å². The first-order chi connectivity index (χ1) is 8.81. The maximum absolute atomic E-state index is 4.91. The monoisotopic (exact) mass is 266 g/mol. The molecule has 0 aliphatic carbocycles. The van der Waals surface area contributed by atoms with E-state index in [1.54, 1.807) is 0 Å². The summed E-state index contributed by atoms with van der Waals surface area (Å²) in [6.07, 6.45) is 4.00. The molecule has 7 nitrogen and oxygen atoms in total. The molecule has 2 N–H and O–H groups in total. The molecular weight excluding hydrogens is 252 g/mol. The van der Waals surface area contributed by atoms with Crippen LogP contribution in [0.4, 0.5) is 11.6 Å². The van der Waals surface area contributed by atoms with Crippen molar-refractivity contribution in [2.45, 2.75) is 11.6 Å². The second kappa shape index (κ2) is 6.20. The van der Waals surface area contributed by atoms with Crippen molar-refractivity contribution in [3.8, 4) is 0 Å². The molecule has 0 spiro atoms. The molecule has 18 heavy (non-hydrogen) atoms. The van der Waals surface area contributed by atoms with E-state index in [9.17, 15) is 0 Å². The van der Waals surface area contributed by atoms with Gasteiger partial charge in [0.15, 0.2) is 11.5 Å². The van der Waals surface area contributed by atoms with Gasteiger partial charge in [-0.15, -0.1) is 0 Å². The lowest BCUT2D eigenvalue weighted by molar-refractivity contribution is 0.379. The molecule has 2 heterocycles. The van der Waals surface area contributed by atoms with E-state index in [0.717, 1.165) is 16.8 Å².